The van der Waals surface area contributed by atoms with Gasteiger partial charge in [-0.05, 0) is 30.6 Å². The Morgan fingerprint density at radius 2 is 2.10 bits per heavy atom. The second-order valence-electron chi connectivity index (χ2n) is 4.09. The maximum atomic E-state index is 12.1. The number of benzene rings is 1. The van der Waals surface area contributed by atoms with Crippen LogP contribution >= 0.6 is 11.8 Å². The molecule has 0 saturated heterocycles. The Morgan fingerprint density at radius 3 is 2.70 bits per heavy atom. The van der Waals surface area contributed by atoms with Crippen LogP contribution in [0, 0.1) is 0 Å². The van der Waals surface area contributed by atoms with Gasteiger partial charge in [-0.15, -0.1) is 0 Å². The van der Waals surface area contributed by atoms with Crippen LogP contribution in [-0.2, 0) is 9.53 Å². The van der Waals surface area contributed by atoms with Gasteiger partial charge in [-0.1, -0.05) is 30.9 Å². The lowest BCUT2D eigenvalue weighted by Gasteiger charge is -2.16. The minimum Gasteiger partial charge on any atom is -0.460 e. The van der Waals surface area contributed by atoms with Crippen molar-refractivity contribution in [1.29, 1.82) is 0 Å². The van der Waals surface area contributed by atoms with Gasteiger partial charge in [0.1, 0.15) is 12.6 Å². The van der Waals surface area contributed by atoms with E-state index in [1.807, 2.05) is 12.3 Å². The van der Waals surface area contributed by atoms with Gasteiger partial charge in [0.05, 0.1) is 0 Å². The average molecular weight is 293 g/mol. The van der Waals surface area contributed by atoms with E-state index in [4.69, 9.17) is 4.74 Å². The number of carbonyl (C=O) groups is 2. The van der Waals surface area contributed by atoms with Gasteiger partial charge in [-0.25, -0.2) is 4.79 Å². The van der Waals surface area contributed by atoms with Crippen LogP contribution < -0.4 is 5.32 Å². The van der Waals surface area contributed by atoms with E-state index < -0.39 is 12.0 Å². The summed E-state index contributed by atoms with van der Waals surface area (Å²) in [5, 5.41) is 2.72. The van der Waals surface area contributed by atoms with E-state index >= 15 is 0 Å². The largest absolute Gasteiger partial charge is 0.460 e. The number of hydrogen-bond donors (Lipinski definition) is 1. The minimum absolute atomic E-state index is 0.149. The first-order chi connectivity index (χ1) is 9.69. The summed E-state index contributed by atoms with van der Waals surface area (Å²) in [6, 6.07) is 8.17. The van der Waals surface area contributed by atoms with Crippen molar-refractivity contribution in [2.45, 2.75) is 12.5 Å². The van der Waals surface area contributed by atoms with Crippen molar-refractivity contribution >= 4 is 23.6 Å². The zero-order valence-electron chi connectivity index (χ0n) is 11.5. The molecular formula is C15H19NO3S. The Morgan fingerprint density at radius 1 is 1.40 bits per heavy atom. The fourth-order valence-corrected chi connectivity index (χ4v) is 2.03. The SMILES string of the molecule is C=CCOC(=O)[C@H](CCSC)NC(=O)c1ccccc1. The minimum atomic E-state index is -0.630. The molecule has 0 fully saturated rings. The predicted octanol–water partition coefficient (Wildman–Crippen LogP) is 2.27. The Hall–Kier alpha value is -1.75. The van der Waals surface area contributed by atoms with Crippen molar-refractivity contribution < 1.29 is 14.3 Å². The third-order valence-corrected chi connectivity index (χ3v) is 3.22. The van der Waals surface area contributed by atoms with E-state index in [0.717, 1.165) is 5.75 Å². The summed E-state index contributed by atoms with van der Waals surface area (Å²) in [4.78, 5) is 23.9. The van der Waals surface area contributed by atoms with Crippen molar-refractivity contribution in [2.75, 3.05) is 18.6 Å². The molecule has 1 aromatic rings. The summed E-state index contributed by atoms with van der Waals surface area (Å²) in [6.45, 7) is 3.64. The average Bonchev–Trinajstić information content (AvgIpc) is 2.49. The Kier molecular flexibility index (Phi) is 7.50. The quantitative estimate of drug-likeness (QED) is 0.590. The Bertz CT molecular complexity index is 448. The van der Waals surface area contributed by atoms with Crippen molar-refractivity contribution in [3.8, 4) is 0 Å². The summed E-state index contributed by atoms with van der Waals surface area (Å²) in [5.74, 6) is 0.0682. The fourth-order valence-electron chi connectivity index (χ4n) is 1.56. The van der Waals surface area contributed by atoms with E-state index in [1.54, 1.807) is 36.0 Å². The molecule has 1 aromatic carbocycles. The van der Waals surface area contributed by atoms with Crippen molar-refractivity contribution in [3.63, 3.8) is 0 Å². The molecule has 0 aromatic heterocycles. The van der Waals surface area contributed by atoms with Crippen LogP contribution in [0.15, 0.2) is 43.0 Å². The van der Waals surface area contributed by atoms with Crippen molar-refractivity contribution in [3.05, 3.63) is 48.6 Å². The van der Waals surface area contributed by atoms with Crippen LogP contribution in [0.25, 0.3) is 0 Å². The van der Waals surface area contributed by atoms with Gasteiger partial charge in [0.2, 0.25) is 0 Å². The fraction of sp³-hybridized carbons (Fsp3) is 0.333. The molecule has 0 aliphatic rings. The van der Waals surface area contributed by atoms with Gasteiger partial charge < -0.3 is 10.1 Å². The maximum Gasteiger partial charge on any atom is 0.328 e. The van der Waals surface area contributed by atoms with E-state index in [-0.39, 0.29) is 12.5 Å². The van der Waals surface area contributed by atoms with E-state index in [2.05, 4.69) is 11.9 Å². The topological polar surface area (TPSA) is 55.4 Å². The molecule has 20 heavy (non-hydrogen) atoms. The van der Waals surface area contributed by atoms with Crippen LogP contribution in [-0.4, -0.2) is 36.5 Å². The third-order valence-electron chi connectivity index (χ3n) is 2.58. The van der Waals surface area contributed by atoms with E-state index in [0.29, 0.717) is 12.0 Å². The Balaban J connectivity index is 2.66. The highest BCUT2D eigenvalue weighted by Gasteiger charge is 2.22. The van der Waals surface area contributed by atoms with Crippen molar-refractivity contribution in [2.24, 2.45) is 0 Å². The molecule has 4 nitrogen and oxygen atoms in total. The molecule has 5 heteroatoms. The molecular weight excluding hydrogens is 274 g/mol. The first-order valence-corrected chi connectivity index (χ1v) is 7.70. The smallest absolute Gasteiger partial charge is 0.328 e. The van der Waals surface area contributed by atoms with E-state index in [1.165, 1.54) is 6.08 Å². The maximum absolute atomic E-state index is 12.1. The standard InChI is InChI=1S/C15H19NO3S/c1-3-10-19-15(18)13(9-11-20-2)16-14(17)12-7-5-4-6-8-12/h3-8,13H,1,9-11H2,2H3,(H,16,17)/t13-/m0/s1. The van der Waals surface area contributed by atoms with Gasteiger partial charge >= 0.3 is 5.97 Å². The highest BCUT2D eigenvalue weighted by Crippen LogP contribution is 2.05. The normalized spacial score (nSPS) is 11.4. The third kappa shape index (κ3) is 5.48. The molecule has 0 unspecified atom stereocenters. The summed E-state index contributed by atoms with van der Waals surface area (Å²) < 4.78 is 5.01. The second-order valence-corrected chi connectivity index (χ2v) is 5.08. The highest BCUT2D eigenvalue weighted by molar-refractivity contribution is 7.98. The molecule has 0 saturated carbocycles. The summed E-state index contributed by atoms with van der Waals surface area (Å²) >= 11 is 1.61. The van der Waals surface area contributed by atoms with Crippen LogP contribution in [0.5, 0.6) is 0 Å². The van der Waals surface area contributed by atoms with Crippen LogP contribution in [0.3, 0.4) is 0 Å². The predicted molar refractivity (Wildman–Crippen MR) is 81.9 cm³/mol. The summed E-state index contributed by atoms with van der Waals surface area (Å²) in [5.41, 5.74) is 0.526. The number of ether oxygens (including phenoxy) is 1. The molecule has 1 amide bonds. The molecule has 108 valence electrons. The lowest BCUT2D eigenvalue weighted by molar-refractivity contribution is -0.144. The number of nitrogens with one attached hydrogen (secondary N) is 1. The molecule has 0 radical (unpaired) electrons. The van der Waals surface area contributed by atoms with Crippen LogP contribution in [0.1, 0.15) is 16.8 Å². The lowest BCUT2D eigenvalue weighted by Crippen LogP contribution is -2.42. The van der Waals surface area contributed by atoms with Gasteiger partial charge in [-0.2, -0.15) is 11.8 Å². The number of hydrogen-bond acceptors (Lipinski definition) is 4. The Labute approximate surface area is 123 Å². The van der Waals surface area contributed by atoms with Gasteiger partial charge in [0.25, 0.3) is 5.91 Å². The number of amides is 1. The van der Waals surface area contributed by atoms with Gasteiger partial charge in [0.15, 0.2) is 0 Å². The number of carbonyl (C=O) groups excluding carboxylic acids is 2. The second kappa shape index (κ2) is 9.20. The molecule has 0 bridgehead atoms. The highest BCUT2D eigenvalue weighted by atomic mass is 32.2. The zero-order chi connectivity index (χ0) is 14.8. The first kappa shape index (κ1) is 16.3. The van der Waals surface area contributed by atoms with Crippen molar-refractivity contribution in [1.82, 2.24) is 5.32 Å². The summed E-state index contributed by atoms with van der Waals surface area (Å²) in [6.07, 6.45) is 3.99. The first-order valence-electron chi connectivity index (χ1n) is 6.31. The van der Waals surface area contributed by atoms with Crippen LogP contribution in [0.2, 0.25) is 0 Å². The number of thioether (sulfide) groups is 1. The monoisotopic (exact) mass is 293 g/mol. The van der Waals surface area contributed by atoms with Gasteiger partial charge in [0, 0.05) is 5.56 Å². The molecule has 0 aliphatic carbocycles. The lowest BCUT2D eigenvalue weighted by atomic mass is 10.1. The molecule has 1 atom stereocenters. The van der Waals surface area contributed by atoms with Crippen LogP contribution in [0.4, 0.5) is 0 Å². The zero-order valence-corrected chi connectivity index (χ0v) is 12.3. The van der Waals surface area contributed by atoms with Gasteiger partial charge in [-0.3, -0.25) is 4.79 Å². The summed E-state index contributed by atoms with van der Waals surface area (Å²) in [7, 11) is 0. The molecule has 1 N–H and O–H groups in total. The number of rotatable bonds is 8. The molecule has 0 spiro atoms. The molecule has 0 heterocycles. The molecule has 1 rings (SSSR count). The van der Waals surface area contributed by atoms with E-state index in [9.17, 15) is 9.59 Å². The number of esters is 1. The molecule has 0 aliphatic heterocycles.